The predicted octanol–water partition coefficient (Wildman–Crippen LogP) is 1.73. The minimum absolute atomic E-state index is 0.0895. The zero-order chi connectivity index (χ0) is 13.5. The van der Waals surface area contributed by atoms with Crippen molar-refractivity contribution >= 4 is 17.6 Å². The van der Waals surface area contributed by atoms with Crippen molar-refractivity contribution in [2.45, 2.75) is 13.8 Å². The first-order valence-electron chi connectivity index (χ1n) is 5.49. The van der Waals surface area contributed by atoms with Crippen LogP contribution in [0.2, 0.25) is 0 Å². The van der Waals surface area contributed by atoms with Crippen LogP contribution in [0, 0.1) is 5.82 Å². The maximum absolute atomic E-state index is 13.4. The van der Waals surface area contributed by atoms with Gasteiger partial charge in [0.2, 0.25) is 0 Å². The van der Waals surface area contributed by atoms with Crippen LogP contribution in [0.15, 0.2) is 18.2 Å². The van der Waals surface area contributed by atoms with E-state index < -0.39 is 17.7 Å². The van der Waals surface area contributed by atoms with Crippen molar-refractivity contribution in [2.75, 3.05) is 18.5 Å². The van der Waals surface area contributed by atoms with Gasteiger partial charge in [0.1, 0.15) is 0 Å². The number of hydrogen-bond donors (Lipinski definition) is 1. The third kappa shape index (κ3) is 3.73. The van der Waals surface area contributed by atoms with Gasteiger partial charge in [-0.05, 0) is 26.0 Å². The van der Waals surface area contributed by atoms with Crippen LogP contribution >= 0.6 is 0 Å². The number of ether oxygens (including phenoxy) is 2. The van der Waals surface area contributed by atoms with Gasteiger partial charge in [0.05, 0.1) is 13.2 Å². The van der Waals surface area contributed by atoms with Crippen LogP contribution in [0.1, 0.15) is 13.8 Å². The zero-order valence-corrected chi connectivity index (χ0v) is 10.2. The summed E-state index contributed by atoms with van der Waals surface area (Å²) in [6.45, 7) is 3.76. The van der Waals surface area contributed by atoms with Gasteiger partial charge >= 0.3 is 11.9 Å². The number of amides is 1. The van der Waals surface area contributed by atoms with Gasteiger partial charge < -0.3 is 14.8 Å². The van der Waals surface area contributed by atoms with Crippen molar-refractivity contribution in [3.63, 3.8) is 0 Å². The van der Waals surface area contributed by atoms with E-state index in [0.717, 1.165) is 6.07 Å². The van der Waals surface area contributed by atoms with Gasteiger partial charge in [0, 0.05) is 11.8 Å². The Bertz CT molecular complexity index is 448. The minimum atomic E-state index is -1.01. The van der Waals surface area contributed by atoms with Gasteiger partial charge in [0.15, 0.2) is 11.6 Å². The third-order valence-electron chi connectivity index (χ3n) is 1.95. The van der Waals surface area contributed by atoms with Gasteiger partial charge in [-0.15, -0.1) is 0 Å². The van der Waals surface area contributed by atoms with Crippen molar-refractivity contribution in [2.24, 2.45) is 0 Å². The quantitative estimate of drug-likeness (QED) is 0.657. The highest BCUT2D eigenvalue weighted by Gasteiger charge is 2.15. The lowest BCUT2D eigenvalue weighted by Crippen LogP contribution is -2.25. The van der Waals surface area contributed by atoms with E-state index in [1.807, 2.05) is 0 Å². The summed E-state index contributed by atoms with van der Waals surface area (Å²) in [6, 6.07) is 3.88. The molecule has 0 aliphatic carbocycles. The van der Waals surface area contributed by atoms with Crippen molar-refractivity contribution in [3.05, 3.63) is 24.0 Å². The first-order chi connectivity index (χ1) is 8.58. The van der Waals surface area contributed by atoms with E-state index in [4.69, 9.17) is 4.74 Å². The normalized spacial score (nSPS) is 9.72. The number of carbonyl (C=O) groups is 2. The molecule has 18 heavy (non-hydrogen) atoms. The Balaban J connectivity index is 2.71. The largest absolute Gasteiger partial charge is 0.491 e. The average molecular weight is 255 g/mol. The van der Waals surface area contributed by atoms with Crippen molar-refractivity contribution in [3.8, 4) is 5.75 Å². The van der Waals surface area contributed by atoms with Gasteiger partial charge in [0.25, 0.3) is 0 Å². The van der Waals surface area contributed by atoms with Crippen molar-refractivity contribution in [1.82, 2.24) is 0 Å². The molecular formula is C12H14FNO4. The van der Waals surface area contributed by atoms with E-state index in [1.165, 1.54) is 12.1 Å². The zero-order valence-electron chi connectivity index (χ0n) is 10.2. The molecule has 98 valence electrons. The molecule has 6 heteroatoms. The fraction of sp³-hybridized carbons (Fsp3) is 0.333. The van der Waals surface area contributed by atoms with Crippen molar-refractivity contribution < 1.29 is 23.5 Å². The number of halogens is 1. The molecule has 5 nitrogen and oxygen atoms in total. The lowest BCUT2D eigenvalue weighted by molar-refractivity contribution is -0.152. The number of nitrogens with one attached hydrogen (secondary N) is 1. The molecule has 0 spiro atoms. The Morgan fingerprint density at radius 2 is 2.00 bits per heavy atom. The van der Waals surface area contributed by atoms with Crippen LogP contribution in [-0.4, -0.2) is 25.1 Å². The molecule has 0 fully saturated rings. The second-order valence-electron chi connectivity index (χ2n) is 3.25. The van der Waals surface area contributed by atoms with E-state index in [-0.39, 0.29) is 18.0 Å². The SMILES string of the molecule is CCOC(=O)C(=O)Nc1ccc(OCC)c(F)c1. The summed E-state index contributed by atoms with van der Waals surface area (Å²) in [6.07, 6.45) is 0. The molecule has 0 heterocycles. The van der Waals surface area contributed by atoms with E-state index in [2.05, 4.69) is 10.1 Å². The molecule has 0 saturated carbocycles. The summed E-state index contributed by atoms with van der Waals surface area (Å²) in [4.78, 5) is 22.3. The predicted molar refractivity (Wildman–Crippen MR) is 62.8 cm³/mol. The average Bonchev–Trinajstić information content (AvgIpc) is 2.33. The number of hydrogen-bond acceptors (Lipinski definition) is 4. The summed E-state index contributed by atoms with van der Waals surface area (Å²) in [5, 5.41) is 2.23. The summed E-state index contributed by atoms with van der Waals surface area (Å²) in [5.41, 5.74) is 0.161. The van der Waals surface area contributed by atoms with Crippen LogP contribution in [0.25, 0.3) is 0 Å². The molecule has 0 unspecified atom stereocenters. The minimum Gasteiger partial charge on any atom is -0.491 e. The Labute approximate surface area is 104 Å². The molecule has 1 amide bonds. The highest BCUT2D eigenvalue weighted by atomic mass is 19.1. The van der Waals surface area contributed by atoms with Gasteiger partial charge in [-0.25, -0.2) is 9.18 Å². The molecule has 0 radical (unpaired) electrons. The maximum Gasteiger partial charge on any atom is 0.397 e. The highest BCUT2D eigenvalue weighted by molar-refractivity contribution is 6.37. The monoisotopic (exact) mass is 255 g/mol. The number of carbonyl (C=O) groups excluding carboxylic acids is 2. The van der Waals surface area contributed by atoms with E-state index in [1.54, 1.807) is 13.8 Å². The maximum atomic E-state index is 13.4. The van der Waals surface area contributed by atoms with E-state index >= 15 is 0 Å². The Morgan fingerprint density at radius 1 is 1.28 bits per heavy atom. The van der Waals surface area contributed by atoms with Crippen LogP contribution in [-0.2, 0) is 14.3 Å². The summed E-state index contributed by atoms with van der Waals surface area (Å²) in [5.74, 6) is -2.47. The molecule has 1 aromatic carbocycles. The molecule has 1 N–H and O–H groups in total. The number of anilines is 1. The lowest BCUT2D eigenvalue weighted by Gasteiger charge is -2.07. The molecular weight excluding hydrogens is 241 g/mol. The Morgan fingerprint density at radius 3 is 2.56 bits per heavy atom. The highest BCUT2D eigenvalue weighted by Crippen LogP contribution is 2.21. The number of rotatable bonds is 4. The Hall–Kier alpha value is -2.11. The second kappa shape index (κ2) is 6.58. The molecule has 0 atom stereocenters. The lowest BCUT2D eigenvalue weighted by atomic mass is 10.3. The number of benzene rings is 1. The van der Waals surface area contributed by atoms with Gasteiger partial charge in [-0.1, -0.05) is 0 Å². The van der Waals surface area contributed by atoms with Gasteiger partial charge in [-0.2, -0.15) is 0 Å². The van der Waals surface area contributed by atoms with Crippen LogP contribution < -0.4 is 10.1 Å². The summed E-state index contributed by atoms with van der Waals surface area (Å²) in [7, 11) is 0. The first kappa shape index (κ1) is 14.0. The molecule has 1 aromatic rings. The van der Waals surface area contributed by atoms with Crippen LogP contribution in [0.4, 0.5) is 10.1 Å². The summed E-state index contributed by atoms with van der Waals surface area (Å²) < 4.78 is 22.9. The second-order valence-corrected chi connectivity index (χ2v) is 3.25. The van der Waals surface area contributed by atoms with Crippen molar-refractivity contribution in [1.29, 1.82) is 0 Å². The molecule has 0 aliphatic rings. The summed E-state index contributed by atoms with van der Waals surface area (Å²) >= 11 is 0. The van der Waals surface area contributed by atoms with E-state index in [9.17, 15) is 14.0 Å². The first-order valence-corrected chi connectivity index (χ1v) is 5.49. The number of esters is 1. The smallest absolute Gasteiger partial charge is 0.397 e. The molecule has 0 saturated heterocycles. The fourth-order valence-electron chi connectivity index (χ4n) is 1.23. The van der Waals surface area contributed by atoms with E-state index in [0.29, 0.717) is 6.61 Å². The topological polar surface area (TPSA) is 64.6 Å². The third-order valence-corrected chi connectivity index (χ3v) is 1.95. The fourth-order valence-corrected chi connectivity index (χ4v) is 1.23. The molecule has 0 bridgehead atoms. The Kier molecular flexibility index (Phi) is 5.10. The molecule has 0 aliphatic heterocycles. The van der Waals surface area contributed by atoms with Gasteiger partial charge in [-0.3, -0.25) is 4.79 Å². The molecule has 1 rings (SSSR count). The van der Waals surface area contributed by atoms with Crippen LogP contribution in [0.5, 0.6) is 5.75 Å². The van der Waals surface area contributed by atoms with Crippen LogP contribution in [0.3, 0.4) is 0 Å². The standard InChI is InChI=1S/C12H14FNO4/c1-3-17-10-6-5-8(7-9(10)13)14-11(15)12(16)18-4-2/h5-7H,3-4H2,1-2H3,(H,14,15). The molecule has 0 aromatic heterocycles.